The number of rotatable bonds is 2. The van der Waals surface area contributed by atoms with Gasteiger partial charge in [0, 0.05) is 11.8 Å². The van der Waals surface area contributed by atoms with E-state index in [0.717, 1.165) is 22.5 Å². The minimum Gasteiger partial charge on any atom is -0.383 e. The van der Waals surface area contributed by atoms with Crippen LogP contribution in [-0.4, -0.2) is 9.38 Å². The molecule has 3 heteroatoms. The Morgan fingerprint density at radius 2 is 1.85 bits per heavy atom. The van der Waals surface area contributed by atoms with Crippen molar-refractivity contribution in [2.75, 3.05) is 5.73 Å². The van der Waals surface area contributed by atoms with Crippen molar-refractivity contribution in [2.45, 2.75) is 13.8 Å². The third-order valence-corrected chi connectivity index (χ3v) is 3.36. The quantitative estimate of drug-likeness (QED) is 0.766. The Morgan fingerprint density at radius 3 is 2.60 bits per heavy atom. The summed E-state index contributed by atoms with van der Waals surface area (Å²) in [6, 6.07) is 12.4. The lowest BCUT2D eigenvalue weighted by Crippen LogP contribution is -1.95. The summed E-state index contributed by atoms with van der Waals surface area (Å²) in [7, 11) is 0. The van der Waals surface area contributed by atoms with E-state index in [-0.39, 0.29) is 0 Å². The first-order chi connectivity index (χ1) is 9.65. The number of anilines is 1. The molecule has 3 nitrogen and oxygen atoms in total. The number of aromatic nitrogens is 2. The summed E-state index contributed by atoms with van der Waals surface area (Å²) in [4.78, 5) is 4.55. The Balaban J connectivity index is 2.12. The minimum atomic E-state index is 0.707. The molecular weight excluding hydrogens is 246 g/mol. The van der Waals surface area contributed by atoms with E-state index in [1.165, 1.54) is 5.56 Å². The van der Waals surface area contributed by atoms with Crippen molar-refractivity contribution in [1.82, 2.24) is 9.38 Å². The fraction of sp³-hybridized carbons (Fsp3) is 0.118. The topological polar surface area (TPSA) is 43.3 Å². The zero-order valence-electron chi connectivity index (χ0n) is 11.7. The summed E-state index contributed by atoms with van der Waals surface area (Å²) >= 11 is 0. The predicted octanol–water partition coefficient (Wildman–Crippen LogP) is 3.70. The highest BCUT2D eigenvalue weighted by atomic mass is 15.1. The van der Waals surface area contributed by atoms with Crippen molar-refractivity contribution in [1.29, 1.82) is 0 Å². The predicted molar refractivity (Wildman–Crippen MR) is 84.4 cm³/mol. The first kappa shape index (κ1) is 12.5. The monoisotopic (exact) mass is 263 g/mol. The lowest BCUT2D eigenvalue weighted by atomic mass is 10.1. The number of pyridine rings is 1. The molecule has 0 unspecified atom stereocenters. The van der Waals surface area contributed by atoms with Gasteiger partial charge < -0.3 is 5.73 Å². The van der Waals surface area contributed by atoms with Gasteiger partial charge in [0.1, 0.15) is 11.5 Å². The fourth-order valence-corrected chi connectivity index (χ4v) is 2.32. The van der Waals surface area contributed by atoms with Gasteiger partial charge in [-0.15, -0.1) is 0 Å². The number of hydrogen-bond donors (Lipinski definition) is 1. The molecule has 0 radical (unpaired) electrons. The van der Waals surface area contributed by atoms with Gasteiger partial charge >= 0.3 is 0 Å². The van der Waals surface area contributed by atoms with Gasteiger partial charge in [0.2, 0.25) is 0 Å². The third-order valence-electron chi connectivity index (χ3n) is 3.36. The molecule has 100 valence electrons. The average Bonchev–Trinajstić information content (AvgIpc) is 2.74. The van der Waals surface area contributed by atoms with Gasteiger partial charge in [-0.25, -0.2) is 4.98 Å². The number of nitrogens with zero attached hydrogens (tertiary/aromatic N) is 2. The number of hydrogen-bond acceptors (Lipinski definition) is 2. The number of nitrogens with two attached hydrogens (primary N) is 1. The standard InChI is InChI=1S/C17H17N3/c1-12-10-15(9-8-14-6-4-3-5-7-14)17-19-13(2)16(18)20(17)11-12/h3-11H,18H2,1-2H3/b9-8+. The second-order valence-electron chi connectivity index (χ2n) is 4.99. The summed E-state index contributed by atoms with van der Waals surface area (Å²) < 4.78 is 1.95. The number of benzene rings is 1. The third kappa shape index (κ3) is 2.18. The molecule has 20 heavy (non-hydrogen) atoms. The highest BCUT2D eigenvalue weighted by Gasteiger charge is 2.08. The first-order valence-electron chi connectivity index (χ1n) is 6.63. The van der Waals surface area contributed by atoms with Crippen LogP contribution in [0.15, 0.2) is 42.6 Å². The van der Waals surface area contributed by atoms with Crippen molar-refractivity contribution in [3.05, 3.63) is 65.0 Å². The van der Waals surface area contributed by atoms with Gasteiger partial charge in [0.25, 0.3) is 0 Å². The van der Waals surface area contributed by atoms with E-state index in [9.17, 15) is 0 Å². The molecule has 3 aromatic rings. The molecule has 0 saturated carbocycles. The average molecular weight is 263 g/mol. The van der Waals surface area contributed by atoms with Crippen LogP contribution >= 0.6 is 0 Å². The van der Waals surface area contributed by atoms with Crippen molar-refractivity contribution in [3.8, 4) is 0 Å². The molecule has 3 rings (SSSR count). The normalized spacial score (nSPS) is 11.5. The van der Waals surface area contributed by atoms with Gasteiger partial charge in [-0.05, 0) is 31.0 Å². The van der Waals surface area contributed by atoms with E-state index < -0.39 is 0 Å². The van der Waals surface area contributed by atoms with E-state index in [0.29, 0.717) is 5.82 Å². The summed E-state index contributed by atoms with van der Waals surface area (Å²) in [6.45, 7) is 4.00. The van der Waals surface area contributed by atoms with Crippen LogP contribution < -0.4 is 5.73 Å². The van der Waals surface area contributed by atoms with E-state index in [4.69, 9.17) is 5.73 Å². The molecule has 0 saturated heterocycles. The van der Waals surface area contributed by atoms with Crippen molar-refractivity contribution in [2.24, 2.45) is 0 Å². The molecule has 0 amide bonds. The number of aryl methyl sites for hydroxylation is 2. The molecule has 2 heterocycles. The first-order valence-corrected chi connectivity index (χ1v) is 6.63. The molecule has 0 bridgehead atoms. The molecule has 2 N–H and O–H groups in total. The summed E-state index contributed by atoms with van der Waals surface area (Å²) in [5.41, 5.74) is 11.2. The highest BCUT2D eigenvalue weighted by Crippen LogP contribution is 2.21. The fourth-order valence-electron chi connectivity index (χ4n) is 2.32. The largest absolute Gasteiger partial charge is 0.383 e. The Labute approximate surface area is 118 Å². The lowest BCUT2D eigenvalue weighted by Gasteiger charge is -2.03. The molecule has 2 aromatic heterocycles. The van der Waals surface area contributed by atoms with Crippen LogP contribution in [0.4, 0.5) is 5.82 Å². The Hall–Kier alpha value is -2.55. The zero-order chi connectivity index (χ0) is 14.1. The van der Waals surface area contributed by atoms with E-state index in [1.807, 2.05) is 35.7 Å². The van der Waals surface area contributed by atoms with Crippen molar-refractivity contribution in [3.63, 3.8) is 0 Å². The molecule has 0 fully saturated rings. The van der Waals surface area contributed by atoms with E-state index in [2.05, 4.69) is 42.3 Å². The maximum absolute atomic E-state index is 6.06. The maximum Gasteiger partial charge on any atom is 0.145 e. The maximum atomic E-state index is 6.06. The molecule has 1 aromatic carbocycles. The van der Waals surface area contributed by atoms with Gasteiger partial charge in [0.05, 0.1) is 5.69 Å². The van der Waals surface area contributed by atoms with Crippen LogP contribution in [0.1, 0.15) is 22.4 Å². The Morgan fingerprint density at radius 1 is 1.10 bits per heavy atom. The number of imidazole rings is 1. The SMILES string of the molecule is Cc1cc(/C=C/c2ccccc2)c2nc(C)c(N)n2c1. The highest BCUT2D eigenvalue weighted by molar-refractivity contribution is 5.78. The van der Waals surface area contributed by atoms with Gasteiger partial charge in [-0.1, -0.05) is 42.5 Å². The van der Waals surface area contributed by atoms with Crippen LogP contribution in [-0.2, 0) is 0 Å². The van der Waals surface area contributed by atoms with Crippen molar-refractivity contribution >= 4 is 23.6 Å². The van der Waals surface area contributed by atoms with Crippen LogP contribution in [0.2, 0.25) is 0 Å². The Bertz CT molecular complexity index is 783. The molecule has 0 aliphatic rings. The smallest absolute Gasteiger partial charge is 0.145 e. The zero-order valence-corrected chi connectivity index (χ0v) is 11.7. The van der Waals surface area contributed by atoms with Gasteiger partial charge in [0.15, 0.2) is 0 Å². The molecule has 0 aliphatic heterocycles. The molecule has 0 atom stereocenters. The number of nitrogen functional groups attached to an aromatic ring is 1. The van der Waals surface area contributed by atoms with Crippen molar-refractivity contribution < 1.29 is 0 Å². The van der Waals surface area contributed by atoms with Crippen LogP contribution in [0.5, 0.6) is 0 Å². The van der Waals surface area contributed by atoms with E-state index >= 15 is 0 Å². The molecule has 0 spiro atoms. The number of fused-ring (bicyclic) bond motifs is 1. The second kappa shape index (κ2) is 4.85. The van der Waals surface area contributed by atoms with Gasteiger partial charge in [-0.3, -0.25) is 4.40 Å². The summed E-state index contributed by atoms with van der Waals surface area (Å²) in [5, 5.41) is 0. The van der Waals surface area contributed by atoms with E-state index in [1.54, 1.807) is 0 Å². The van der Waals surface area contributed by atoms with Gasteiger partial charge in [-0.2, -0.15) is 0 Å². The molecule has 0 aliphatic carbocycles. The molecular formula is C17H17N3. The van der Waals surface area contributed by atoms with Crippen LogP contribution in [0, 0.1) is 13.8 Å². The summed E-state index contributed by atoms with van der Waals surface area (Å²) in [5.74, 6) is 0.707. The second-order valence-corrected chi connectivity index (χ2v) is 4.99. The van der Waals surface area contributed by atoms with Crippen LogP contribution in [0.25, 0.3) is 17.8 Å². The lowest BCUT2D eigenvalue weighted by molar-refractivity contribution is 1.16. The van der Waals surface area contributed by atoms with Crippen LogP contribution in [0.3, 0.4) is 0 Å². The Kier molecular flexibility index (Phi) is 3.03. The minimum absolute atomic E-state index is 0.707. The summed E-state index contributed by atoms with van der Waals surface area (Å²) in [6.07, 6.45) is 6.20.